The van der Waals surface area contributed by atoms with Gasteiger partial charge in [-0.2, -0.15) is 0 Å². The second-order valence-corrected chi connectivity index (χ2v) is 6.53. The third kappa shape index (κ3) is 2.36. The van der Waals surface area contributed by atoms with Gasteiger partial charge in [-0.1, -0.05) is 11.8 Å². The zero-order valence-electron chi connectivity index (χ0n) is 10.5. The van der Waals surface area contributed by atoms with E-state index in [1.807, 2.05) is 0 Å². The van der Waals surface area contributed by atoms with Crippen LogP contribution in [0.3, 0.4) is 0 Å². The molecule has 1 aromatic heterocycles. The van der Waals surface area contributed by atoms with Crippen LogP contribution in [0.2, 0.25) is 0 Å². The summed E-state index contributed by atoms with van der Waals surface area (Å²) in [6.07, 6.45) is 0. The standard InChI is InChI=1S/C10H11N5O4S2/c11-4-6(16)15-5(8(17)18)3(1-20-7(4)15)2-21-10-12-9(19)13-14-10/h4,7H,1-2,11H2,(H,17,18)(H2,12,13,14,19)/t4?,7-/m0/s1. The molecule has 2 aliphatic heterocycles. The quantitative estimate of drug-likeness (QED) is 0.397. The summed E-state index contributed by atoms with van der Waals surface area (Å²) in [5.74, 6) is -0.723. The van der Waals surface area contributed by atoms with Crippen molar-refractivity contribution in [1.29, 1.82) is 0 Å². The van der Waals surface area contributed by atoms with Crippen molar-refractivity contribution < 1.29 is 14.7 Å². The summed E-state index contributed by atoms with van der Waals surface area (Å²) < 4.78 is 0. The molecule has 3 heterocycles. The molecule has 1 amide bonds. The van der Waals surface area contributed by atoms with Crippen molar-refractivity contribution in [2.75, 3.05) is 11.5 Å². The number of aliphatic carboxylic acids is 1. The molecule has 0 aliphatic carbocycles. The Kier molecular flexibility index (Phi) is 3.55. The number of nitrogens with two attached hydrogens (primary N) is 1. The molecule has 3 rings (SSSR count). The van der Waals surface area contributed by atoms with Crippen LogP contribution in [0.5, 0.6) is 0 Å². The molecular formula is C10H11N5O4S2. The first-order valence-electron chi connectivity index (χ1n) is 5.92. The van der Waals surface area contributed by atoms with Crippen LogP contribution in [-0.2, 0) is 9.59 Å². The van der Waals surface area contributed by atoms with Gasteiger partial charge >= 0.3 is 11.7 Å². The van der Waals surface area contributed by atoms with E-state index in [-0.39, 0.29) is 17.0 Å². The molecule has 5 N–H and O–H groups in total. The van der Waals surface area contributed by atoms with Gasteiger partial charge in [0, 0.05) is 11.5 Å². The highest BCUT2D eigenvalue weighted by Gasteiger charge is 2.51. The number of aromatic amines is 2. The highest BCUT2D eigenvalue weighted by atomic mass is 32.2. The van der Waals surface area contributed by atoms with Crippen molar-refractivity contribution in [2.45, 2.75) is 16.6 Å². The Balaban J connectivity index is 1.82. The fourth-order valence-corrected chi connectivity index (χ4v) is 4.42. The van der Waals surface area contributed by atoms with E-state index in [9.17, 15) is 19.5 Å². The predicted octanol–water partition coefficient (Wildman–Crippen LogP) is -1.23. The topological polar surface area (TPSA) is 145 Å². The first kappa shape index (κ1) is 14.2. The van der Waals surface area contributed by atoms with E-state index in [0.29, 0.717) is 22.2 Å². The van der Waals surface area contributed by atoms with Gasteiger partial charge in [-0.25, -0.2) is 14.7 Å². The lowest BCUT2D eigenvalue weighted by Crippen LogP contribution is -2.68. The molecule has 1 saturated heterocycles. The van der Waals surface area contributed by atoms with Crippen molar-refractivity contribution in [2.24, 2.45) is 5.73 Å². The summed E-state index contributed by atoms with van der Waals surface area (Å²) in [5, 5.41) is 15.4. The minimum atomic E-state index is -1.15. The molecule has 0 saturated carbocycles. The summed E-state index contributed by atoms with van der Waals surface area (Å²) in [5.41, 5.74) is 5.85. The Morgan fingerprint density at radius 1 is 1.57 bits per heavy atom. The average molecular weight is 329 g/mol. The number of rotatable bonds is 4. The molecule has 0 radical (unpaired) electrons. The molecule has 9 nitrogen and oxygen atoms in total. The van der Waals surface area contributed by atoms with E-state index < -0.39 is 17.7 Å². The largest absolute Gasteiger partial charge is 0.477 e. The number of hydrogen-bond acceptors (Lipinski definition) is 7. The second-order valence-electron chi connectivity index (χ2n) is 4.46. The van der Waals surface area contributed by atoms with Crippen LogP contribution in [-0.4, -0.2) is 60.0 Å². The Bertz CT molecular complexity index is 696. The number of nitrogens with zero attached hydrogens (tertiary/aromatic N) is 2. The van der Waals surface area contributed by atoms with Gasteiger partial charge in [0.1, 0.15) is 17.1 Å². The van der Waals surface area contributed by atoms with Gasteiger partial charge in [0.2, 0.25) is 5.91 Å². The summed E-state index contributed by atoms with van der Waals surface area (Å²) >= 11 is 2.64. The molecular weight excluding hydrogens is 318 g/mol. The monoisotopic (exact) mass is 329 g/mol. The van der Waals surface area contributed by atoms with E-state index in [0.717, 1.165) is 0 Å². The lowest BCUT2D eigenvalue weighted by molar-refractivity contribution is -0.147. The first-order valence-corrected chi connectivity index (χ1v) is 7.95. The van der Waals surface area contributed by atoms with Gasteiger partial charge in [0.15, 0.2) is 5.16 Å². The third-order valence-corrected chi connectivity index (χ3v) is 5.47. The van der Waals surface area contributed by atoms with Gasteiger partial charge in [0.25, 0.3) is 0 Å². The summed E-state index contributed by atoms with van der Waals surface area (Å²) in [7, 11) is 0. The minimum Gasteiger partial charge on any atom is -0.477 e. The van der Waals surface area contributed by atoms with Crippen LogP contribution in [0.1, 0.15) is 0 Å². The van der Waals surface area contributed by atoms with Gasteiger partial charge in [0.05, 0.1) is 0 Å². The predicted molar refractivity (Wildman–Crippen MR) is 75.7 cm³/mol. The molecule has 112 valence electrons. The summed E-state index contributed by atoms with van der Waals surface area (Å²) in [6, 6.07) is -0.638. The number of thioether (sulfide) groups is 2. The van der Waals surface area contributed by atoms with Gasteiger partial charge in [-0.15, -0.1) is 16.9 Å². The maximum Gasteiger partial charge on any atom is 0.352 e. The third-order valence-electron chi connectivity index (χ3n) is 3.15. The zero-order valence-corrected chi connectivity index (χ0v) is 12.2. The first-order chi connectivity index (χ1) is 9.99. The van der Waals surface area contributed by atoms with Crippen LogP contribution in [0.25, 0.3) is 0 Å². The number of nitrogens with one attached hydrogen (secondary N) is 2. The number of amides is 1. The van der Waals surface area contributed by atoms with Crippen molar-refractivity contribution in [3.05, 3.63) is 21.8 Å². The van der Waals surface area contributed by atoms with Crippen LogP contribution < -0.4 is 11.4 Å². The number of β-lactam (4-membered cyclic amide) rings is 1. The molecule has 1 unspecified atom stereocenters. The van der Waals surface area contributed by atoms with Crippen LogP contribution in [0.15, 0.2) is 21.2 Å². The number of carbonyl (C=O) groups excluding carboxylic acids is 1. The molecule has 1 fully saturated rings. The second kappa shape index (κ2) is 5.24. The van der Waals surface area contributed by atoms with Gasteiger partial charge in [-0.05, 0) is 5.57 Å². The number of carboxylic acids is 1. The van der Waals surface area contributed by atoms with E-state index >= 15 is 0 Å². The number of hydrogen-bond donors (Lipinski definition) is 4. The smallest absolute Gasteiger partial charge is 0.352 e. The van der Waals surface area contributed by atoms with Gasteiger partial charge in [-0.3, -0.25) is 14.7 Å². The number of H-pyrrole nitrogens is 2. The maximum absolute atomic E-state index is 11.8. The molecule has 2 aliphatic rings. The highest BCUT2D eigenvalue weighted by Crippen LogP contribution is 2.40. The Morgan fingerprint density at radius 3 is 2.95 bits per heavy atom. The lowest BCUT2D eigenvalue weighted by atomic mass is 10.0. The molecule has 2 atom stereocenters. The molecule has 0 spiro atoms. The number of carbonyl (C=O) groups is 2. The van der Waals surface area contributed by atoms with Crippen molar-refractivity contribution in [3.63, 3.8) is 0 Å². The zero-order chi connectivity index (χ0) is 15.1. The van der Waals surface area contributed by atoms with Crippen molar-refractivity contribution >= 4 is 35.4 Å². The van der Waals surface area contributed by atoms with E-state index in [1.165, 1.54) is 28.4 Å². The van der Waals surface area contributed by atoms with E-state index in [4.69, 9.17) is 5.73 Å². The molecule has 0 bridgehead atoms. The van der Waals surface area contributed by atoms with Crippen LogP contribution >= 0.6 is 23.5 Å². The van der Waals surface area contributed by atoms with E-state index in [1.54, 1.807) is 0 Å². The normalized spacial score (nSPS) is 24.8. The summed E-state index contributed by atoms with van der Waals surface area (Å²) in [6.45, 7) is 0. The number of fused-ring (bicyclic) bond motifs is 1. The fourth-order valence-electron chi connectivity index (χ4n) is 2.17. The Morgan fingerprint density at radius 2 is 2.33 bits per heavy atom. The van der Waals surface area contributed by atoms with Crippen molar-refractivity contribution in [1.82, 2.24) is 20.1 Å². The minimum absolute atomic E-state index is 0.00386. The number of carboxylic acid groups (broad SMARTS) is 1. The van der Waals surface area contributed by atoms with Gasteiger partial charge < -0.3 is 10.8 Å². The van der Waals surface area contributed by atoms with E-state index in [2.05, 4.69) is 15.2 Å². The SMILES string of the molecule is NC1C(=O)N2C(C(=O)O)=C(CSc3n[nH]c(=O)[nH]3)CS[C@@H]12. The molecule has 21 heavy (non-hydrogen) atoms. The Labute approximate surface area is 126 Å². The van der Waals surface area contributed by atoms with Crippen LogP contribution in [0, 0.1) is 0 Å². The average Bonchev–Trinajstić information content (AvgIpc) is 2.88. The fraction of sp³-hybridized carbons (Fsp3) is 0.400. The maximum atomic E-state index is 11.8. The summed E-state index contributed by atoms with van der Waals surface area (Å²) in [4.78, 5) is 37.8. The van der Waals surface area contributed by atoms with Crippen molar-refractivity contribution in [3.8, 4) is 0 Å². The number of aromatic nitrogens is 3. The lowest BCUT2D eigenvalue weighted by Gasteiger charge is -2.48. The van der Waals surface area contributed by atoms with Crippen LogP contribution in [0.4, 0.5) is 0 Å². The molecule has 1 aromatic rings. The molecule has 11 heteroatoms. The molecule has 0 aromatic carbocycles. The Hall–Kier alpha value is -1.72. The highest BCUT2D eigenvalue weighted by molar-refractivity contribution is 8.01.